The quantitative estimate of drug-likeness (QED) is 0.433. The van der Waals surface area contributed by atoms with Crippen LogP contribution in [0, 0.1) is 5.41 Å². The third-order valence-electron chi connectivity index (χ3n) is 4.40. The third kappa shape index (κ3) is 3.90. The zero-order chi connectivity index (χ0) is 21.3. The van der Waals surface area contributed by atoms with Crippen LogP contribution < -0.4 is 4.90 Å². The number of nitrogens with zero attached hydrogens (tertiary/aromatic N) is 1. The zero-order valence-electron chi connectivity index (χ0n) is 15.7. The van der Waals surface area contributed by atoms with Gasteiger partial charge in [0.25, 0.3) is 5.91 Å². The standard InChI is InChI=1S/C22H15ClN2O4S/c1-28-21(27)14-4-2-13(3-5-14)18-11-10-17(29-18)12-19-20(26)25(22(24)30-19)16-8-6-15(23)7-9-16/h2-12,24H,1H3. The van der Waals surface area contributed by atoms with Gasteiger partial charge >= 0.3 is 5.97 Å². The lowest BCUT2D eigenvalue weighted by atomic mass is 10.1. The van der Waals surface area contributed by atoms with Gasteiger partial charge in [-0.3, -0.25) is 15.1 Å². The van der Waals surface area contributed by atoms with Crippen molar-refractivity contribution in [2.75, 3.05) is 12.0 Å². The Labute approximate surface area is 181 Å². The average molecular weight is 439 g/mol. The van der Waals surface area contributed by atoms with Crippen molar-refractivity contribution in [1.82, 2.24) is 0 Å². The smallest absolute Gasteiger partial charge is 0.337 e. The van der Waals surface area contributed by atoms with Gasteiger partial charge in [-0.05, 0) is 60.3 Å². The lowest BCUT2D eigenvalue weighted by molar-refractivity contribution is -0.113. The minimum atomic E-state index is -0.407. The molecule has 30 heavy (non-hydrogen) atoms. The van der Waals surface area contributed by atoms with E-state index in [9.17, 15) is 9.59 Å². The van der Waals surface area contributed by atoms with Crippen LogP contribution in [0.5, 0.6) is 0 Å². The summed E-state index contributed by atoms with van der Waals surface area (Å²) in [6, 6.07) is 17.1. The van der Waals surface area contributed by atoms with Crippen molar-refractivity contribution >= 4 is 52.2 Å². The van der Waals surface area contributed by atoms with Crippen molar-refractivity contribution in [2.24, 2.45) is 0 Å². The molecular formula is C22H15ClN2O4S. The van der Waals surface area contributed by atoms with Crippen molar-refractivity contribution in [1.29, 1.82) is 5.41 Å². The molecule has 0 saturated carbocycles. The number of hydrogen-bond acceptors (Lipinski definition) is 6. The summed E-state index contributed by atoms with van der Waals surface area (Å²) in [5, 5.41) is 8.83. The number of hydrogen-bond donors (Lipinski definition) is 1. The second-order valence-corrected chi connectivity index (χ2v) is 7.77. The molecule has 150 valence electrons. The number of amidine groups is 1. The van der Waals surface area contributed by atoms with Crippen LogP contribution in [-0.2, 0) is 9.53 Å². The van der Waals surface area contributed by atoms with Crippen molar-refractivity contribution in [3.63, 3.8) is 0 Å². The number of carbonyl (C=O) groups excluding carboxylic acids is 2. The minimum Gasteiger partial charge on any atom is -0.465 e. The maximum absolute atomic E-state index is 12.8. The molecule has 3 aromatic rings. The van der Waals surface area contributed by atoms with Crippen molar-refractivity contribution in [3.8, 4) is 11.3 Å². The van der Waals surface area contributed by atoms with Crippen molar-refractivity contribution < 1.29 is 18.7 Å². The van der Waals surface area contributed by atoms with Gasteiger partial charge in [-0.2, -0.15) is 0 Å². The molecule has 1 fully saturated rings. The van der Waals surface area contributed by atoms with E-state index in [1.54, 1.807) is 66.7 Å². The van der Waals surface area contributed by atoms with E-state index in [-0.39, 0.29) is 11.1 Å². The number of carbonyl (C=O) groups is 2. The number of nitrogens with one attached hydrogen (secondary N) is 1. The molecule has 4 rings (SSSR count). The van der Waals surface area contributed by atoms with Gasteiger partial charge in [0.05, 0.1) is 23.3 Å². The number of halogens is 1. The van der Waals surface area contributed by atoms with Crippen LogP contribution in [0.3, 0.4) is 0 Å². The normalized spacial score (nSPS) is 15.1. The van der Waals surface area contributed by atoms with E-state index < -0.39 is 5.97 Å². The van der Waals surface area contributed by atoms with Gasteiger partial charge in [0.1, 0.15) is 11.5 Å². The summed E-state index contributed by atoms with van der Waals surface area (Å²) in [6.45, 7) is 0. The van der Waals surface area contributed by atoms with Gasteiger partial charge in [0, 0.05) is 16.7 Å². The SMILES string of the molecule is COC(=O)c1ccc(-c2ccc(C=C3SC(=N)N(c4ccc(Cl)cc4)C3=O)o2)cc1. The molecule has 2 aromatic carbocycles. The Kier molecular flexibility index (Phi) is 5.48. The lowest BCUT2D eigenvalue weighted by Crippen LogP contribution is -2.27. The molecule has 0 radical (unpaired) electrons. The molecule has 0 atom stereocenters. The van der Waals surface area contributed by atoms with Crippen LogP contribution >= 0.6 is 23.4 Å². The molecule has 8 heteroatoms. The topological polar surface area (TPSA) is 83.6 Å². The summed E-state index contributed by atoms with van der Waals surface area (Å²) in [5.41, 5.74) is 1.81. The number of furan rings is 1. The van der Waals surface area contributed by atoms with Crippen molar-refractivity contribution in [2.45, 2.75) is 0 Å². The van der Waals surface area contributed by atoms with Gasteiger partial charge in [0.15, 0.2) is 5.17 Å². The Morgan fingerprint density at radius 1 is 1.10 bits per heavy atom. The van der Waals surface area contributed by atoms with Gasteiger partial charge < -0.3 is 9.15 Å². The number of amides is 1. The Morgan fingerprint density at radius 2 is 1.80 bits per heavy atom. The molecule has 0 aliphatic carbocycles. The number of thioether (sulfide) groups is 1. The summed E-state index contributed by atoms with van der Waals surface area (Å²) in [7, 11) is 1.33. The van der Waals surface area contributed by atoms with Gasteiger partial charge in [-0.25, -0.2) is 4.79 Å². The predicted molar refractivity (Wildman–Crippen MR) is 118 cm³/mol. The summed E-state index contributed by atoms with van der Waals surface area (Å²) in [6.07, 6.45) is 1.61. The Hall–Kier alpha value is -3.29. The van der Waals surface area contributed by atoms with Crippen molar-refractivity contribution in [3.05, 3.63) is 81.9 Å². The first-order valence-corrected chi connectivity index (χ1v) is 10.0. The number of rotatable bonds is 4. The number of benzene rings is 2. The summed E-state index contributed by atoms with van der Waals surface area (Å²) in [4.78, 5) is 26.0. The van der Waals surface area contributed by atoms with Gasteiger partial charge in [-0.1, -0.05) is 23.7 Å². The fraction of sp³-hybridized carbons (Fsp3) is 0.0455. The van der Waals surface area contributed by atoms with Crippen LogP contribution in [0.4, 0.5) is 5.69 Å². The van der Waals surface area contributed by atoms with E-state index in [1.807, 2.05) is 0 Å². The molecule has 6 nitrogen and oxygen atoms in total. The van der Waals surface area contributed by atoms with E-state index in [1.165, 1.54) is 12.0 Å². The van der Waals surface area contributed by atoms with E-state index in [0.29, 0.717) is 32.7 Å². The Bertz CT molecular complexity index is 1170. The monoisotopic (exact) mass is 438 g/mol. The summed E-state index contributed by atoms with van der Waals surface area (Å²) >= 11 is 6.97. The molecule has 0 unspecified atom stereocenters. The molecule has 1 aromatic heterocycles. The fourth-order valence-corrected chi connectivity index (χ4v) is 3.88. The fourth-order valence-electron chi connectivity index (χ4n) is 2.91. The predicted octanol–water partition coefficient (Wildman–Crippen LogP) is 5.44. The first-order valence-electron chi connectivity index (χ1n) is 8.83. The second kappa shape index (κ2) is 8.22. The highest BCUT2D eigenvalue weighted by Crippen LogP contribution is 2.36. The van der Waals surface area contributed by atoms with Crippen LogP contribution in [-0.4, -0.2) is 24.2 Å². The maximum atomic E-state index is 12.8. The number of esters is 1. The number of anilines is 1. The second-order valence-electron chi connectivity index (χ2n) is 6.30. The number of ether oxygens (including phenoxy) is 1. The molecule has 1 saturated heterocycles. The Balaban J connectivity index is 1.55. The molecule has 1 N–H and O–H groups in total. The molecule has 0 bridgehead atoms. The van der Waals surface area contributed by atoms with Crippen LogP contribution in [0.2, 0.25) is 5.02 Å². The third-order valence-corrected chi connectivity index (χ3v) is 5.54. The highest BCUT2D eigenvalue weighted by Gasteiger charge is 2.33. The summed E-state index contributed by atoms with van der Waals surface area (Å²) in [5.74, 6) is 0.380. The average Bonchev–Trinajstić information content (AvgIpc) is 3.33. The molecule has 1 aliphatic heterocycles. The molecule has 0 spiro atoms. The van der Waals surface area contributed by atoms with Crippen LogP contribution in [0.25, 0.3) is 17.4 Å². The highest BCUT2D eigenvalue weighted by molar-refractivity contribution is 8.19. The molecule has 1 aliphatic rings. The zero-order valence-corrected chi connectivity index (χ0v) is 17.3. The highest BCUT2D eigenvalue weighted by atomic mass is 35.5. The maximum Gasteiger partial charge on any atom is 0.337 e. The summed E-state index contributed by atoms with van der Waals surface area (Å²) < 4.78 is 10.5. The Morgan fingerprint density at radius 3 is 2.47 bits per heavy atom. The lowest BCUT2D eigenvalue weighted by Gasteiger charge is -2.14. The largest absolute Gasteiger partial charge is 0.465 e. The number of methoxy groups -OCH3 is 1. The molecular weight excluding hydrogens is 424 g/mol. The van der Waals surface area contributed by atoms with Crippen LogP contribution in [0.1, 0.15) is 16.1 Å². The van der Waals surface area contributed by atoms with Crippen LogP contribution in [0.15, 0.2) is 70.0 Å². The van der Waals surface area contributed by atoms with E-state index in [2.05, 4.69) is 0 Å². The first-order chi connectivity index (χ1) is 14.5. The van der Waals surface area contributed by atoms with E-state index in [4.69, 9.17) is 26.2 Å². The van der Waals surface area contributed by atoms with Gasteiger partial charge in [-0.15, -0.1) is 0 Å². The van der Waals surface area contributed by atoms with E-state index in [0.717, 1.165) is 17.3 Å². The van der Waals surface area contributed by atoms with E-state index >= 15 is 0 Å². The molecule has 2 heterocycles. The molecule has 1 amide bonds. The minimum absolute atomic E-state index is 0.110. The first kappa shape index (κ1) is 20.0. The van der Waals surface area contributed by atoms with Gasteiger partial charge in [0.2, 0.25) is 0 Å².